The quantitative estimate of drug-likeness (QED) is 0.736. The summed E-state index contributed by atoms with van der Waals surface area (Å²) < 4.78 is 0. The SMILES string of the molecule is CCCN(C)CC1CCC(C)N1.CN(C)C=O. The molecule has 1 amide bonds. The number of carbonyl (C=O) groups is 1. The molecule has 1 N–H and O–H groups in total. The Kier molecular flexibility index (Phi) is 9.09. The van der Waals surface area contributed by atoms with E-state index in [0.29, 0.717) is 0 Å². The molecule has 1 fully saturated rings. The van der Waals surface area contributed by atoms with Crippen molar-refractivity contribution < 1.29 is 4.79 Å². The number of hydrogen-bond acceptors (Lipinski definition) is 3. The first-order valence-electron chi connectivity index (χ1n) is 6.55. The lowest BCUT2D eigenvalue weighted by atomic mass is 10.2. The van der Waals surface area contributed by atoms with Gasteiger partial charge in [0.05, 0.1) is 0 Å². The van der Waals surface area contributed by atoms with Crippen LogP contribution in [0.1, 0.15) is 33.1 Å². The summed E-state index contributed by atoms with van der Waals surface area (Å²) in [4.78, 5) is 13.3. The number of nitrogens with one attached hydrogen (secondary N) is 1. The maximum atomic E-state index is 9.43. The predicted octanol–water partition coefficient (Wildman–Crippen LogP) is 1.17. The Morgan fingerprint density at radius 3 is 2.24 bits per heavy atom. The van der Waals surface area contributed by atoms with E-state index >= 15 is 0 Å². The number of likely N-dealkylation sites (N-methyl/N-ethyl adjacent to an activating group) is 1. The topological polar surface area (TPSA) is 35.6 Å². The molecule has 2 unspecified atom stereocenters. The van der Waals surface area contributed by atoms with Crippen LogP contribution in [-0.2, 0) is 4.79 Å². The largest absolute Gasteiger partial charge is 0.351 e. The average Bonchev–Trinajstić information content (AvgIpc) is 2.65. The van der Waals surface area contributed by atoms with Crippen LogP contribution in [0.5, 0.6) is 0 Å². The Morgan fingerprint density at radius 1 is 1.29 bits per heavy atom. The molecule has 0 spiro atoms. The van der Waals surface area contributed by atoms with E-state index in [1.807, 2.05) is 0 Å². The highest BCUT2D eigenvalue weighted by Crippen LogP contribution is 2.12. The number of carbonyl (C=O) groups excluding carboxylic acids is 1. The molecule has 1 heterocycles. The van der Waals surface area contributed by atoms with Gasteiger partial charge < -0.3 is 15.1 Å². The van der Waals surface area contributed by atoms with E-state index < -0.39 is 0 Å². The van der Waals surface area contributed by atoms with Crippen LogP contribution in [0.2, 0.25) is 0 Å². The van der Waals surface area contributed by atoms with Crippen molar-refractivity contribution in [3.8, 4) is 0 Å². The molecule has 1 saturated heterocycles. The van der Waals surface area contributed by atoms with Crippen molar-refractivity contribution in [2.24, 2.45) is 0 Å². The molecule has 4 heteroatoms. The van der Waals surface area contributed by atoms with E-state index in [4.69, 9.17) is 0 Å². The van der Waals surface area contributed by atoms with Crippen LogP contribution in [-0.4, -0.2) is 62.5 Å². The van der Waals surface area contributed by atoms with E-state index in [1.54, 1.807) is 14.1 Å². The van der Waals surface area contributed by atoms with Gasteiger partial charge in [-0.2, -0.15) is 0 Å². The second kappa shape index (κ2) is 9.42. The molecule has 0 radical (unpaired) electrons. The van der Waals surface area contributed by atoms with Crippen molar-refractivity contribution in [2.75, 3.05) is 34.2 Å². The lowest BCUT2D eigenvalue weighted by Crippen LogP contribution is -2.37. The van der Waals surface area contributed by atoms with Gasteiger partial charge in [0.2, 0.25) is 6.41 Å². The Balaban J connectivity index is 0.000000437. The summed E-state index contributed by atoms with van der Waals surface area (Å²) in [5.41, 5.74) is 0. The van der Waals surface area contributed by atoms with Crippen LogP contribution in [0, 0.1) is 0 Å². The fourth-order valence-electron chi connectivity index (χ4n) is 2.01. The van der Waals surface area contributed by atoms with Crippen molar-refractivity contribution in [1.29, 1.82) is 0 Å². The molecule has 1 aliphatic rings. The van der Waals surface area contributed by atoms with Crippen LogP contribution in [0.4, 0.5) is 0 Å². The standard InChI is InChI=1S/C10H22N2.C3H7NO/c1-4-7-12(3)8-10-6-5-9(2)11-10;1-4(2)3-5/h9-11H,4-8H2,1-3H3;3H,1-2H3. The van der Waals surface area contributed by atoms with Crippen molar-refractivity contribution >= 4 is 6.41 Å². The first-order valence-corrected chi connectivity index (χ1v) is 6.55. The fraction of sp³-hybridized carbons (Fsp3) is 0.923. The van der Waals surface area contributed by atoms with Gasteiger partial charge in [-0.1, -0.05) is 6.92 Å². The van der Waals surface area contributed by atoms with Gasteiger partial charge in [0.1, 0.15) is 0 Å². The van der Waals surface area contributed by atoms with Gasteiger partial charge in [0, 0.05) is 32.7 Å². The third-order valence-electron chi connectivity index (χ3n) is 2.82. The zero-order valence-corrected chi connectivity index (χ0v) is 12.1. The second-order valence-electron chi connectivity index (χ2n) is 5.17. The fourth-order valence-corrected chi connectivity index (χ4v) is 2.01. The third kappa shape index (κ3) is 9.12. The lowest BCUT2D eigenvalue weighted by molar-refractivity contribution is -0.115. The highest BCUT2D eigenvalue weighted by molar-refractivity contribution is 5.45. The molecule has 4 nitrogen and oxygen atoms in total. The smallest absolute Gasteiger partial charge is 0.209 e. The highest BCUT2D eigenvalue weighted by atomic mass is 16.1. The van der Waals surface area contributed by atoms with Gasteiger partial charge in [0.25, 0.3) is 0 Å². The average molecular weight is 243 g/mol. The number of rotatable bonds is 5. The van der Waals surface area contributed by atoms with Gasteiger partial charge >= 0.3 is 0 Å². The minimum absolute atomic E-state index is 0.741. The molecular weight excluding hydrogens is 214 g/mol. The van der Waals surface area contributed by atoms with E-state index in [-0.39, 0.29) is 0 Å². The number of nitrogens with zero attached hydrogens (tertiary/aromatic N) is 2. The monoisotopic (exact) mass is 243 g/mol. The number of amides is 1. The summed E-state index contributed by atoms with van der Waals surface area (Å²) in [6.45, 7) is 6.96. The summed E-state index contributed by atoms with van der Waals surface area (Å²) in [5.74, 6) is 0. The summed E-state index contributed by atoms with van der Waals surface area (Å²) in [6, 6.07) is 1.49. The van der Waals surface area contributed by atoms with Crippen molar-refractivity contribution in [2.45, 2.75) is 45.2 Å². The Hall–Kier alpha value is -0.610. The van der Waals surface area contributed by atoms with Crippen LogP contribution in [0.3, 0.4) is 0 Å². The van der Waals surface area contributed by atoms with Gasteiger partial charge in [0.15, 0.2) is 0 Å². The summed E-state index contributed by atoms with van der Waals surface area (Å²) in [6.07, 6.45) is 4.72. The summed E-state index contributed by atoms with van der Waals surface area (Å²) in [7, 11) is 5.59. The molecule has 102 valence electrons. The molecule has 0 aromatic carbocycles. The zero-order chi connectivity index (χ0) is 13.3. The number of hydrogen-bond donors (Lipinski definition) is 1. The molecule has 0 saturated carbocycles. The molecule has 0 aromatic rings. The van der Waals surface area contributed by atoms with E-state index in [0.717, 1.165) is 18.5 Å². The third-order valence-corrected chi connectivity index (χ3v) is 2.82. The minimum atomic E-state index is 0.741. The summed E-state index contributed by atoms with van der Waals surface area (Å²) >= 11 is 0. The molecule has 1 aliphatic heterocycles. The van der Waals surface area contributed by atoms with E-state index in [9.17, 15) is 4.79 Å². The highest BCUT2D eigenvalue weighted by Gasteiger charge is 2.20. The molecular formula is C13H29N3O. The maximum absolute atomic E-state index is 9.43. The predicted molar refractivity (Wildman–Crippen MR) is 73.2 cm³/mol. The first kappa shape index (κ1) is 16.4. The Labute approximate surface area is 106 Å². The normalized spacial score (nSPS) is 23.2. The van der Waals surface area contributed by atoms with Crippen LogP contribution in [0.25, 0.3) is 0 Å². The minimum Gasteiger partial charge on any atom is -0.351 e. The zero-order valence-electron chi connectivity index (χ0n) is 12.1. The van der Waals surface area contributed by atoms with Gasteiger partial charge in [-0.25, -0.2) is 0 Å². The van der Waals surface area contributed by atoms with Crippen molar-refractivity contribution in [3.05, 3.63) is 0 Å². The summed E-state index contributed by atoms with van der Waals surface area (Å²) in [5, 5.41) is 3.60. The van der Waals surface area contributed by atoms with Crippen LogP contribution >= 0.6 is 0 Å². The van der Waals surface area contributed by atoms with Crippen molar-refractivity contribution in [3.63, 3.8) is 0 Å². The van der Waals surface area contributed by atoms with Gasteiger partial charge in [-0.05, 0) is 39.8 Å². The van der Waals surface area contributed by atoms with Crippen LogP contribution < -0.4 is 5.32 Å². The molecule has 1 rings (SSSR count). The second-order valence-corrected chi connectivity index (χ2v) is 5.17. The van der Waals surface area contributed by atoms with Gasteiger partial charge in [-0.3, -0.25) is 4.79 Å². The Bertz CT molecular complexity index is 197. The first-order chi connectivity index (χ1) is 7.99. The lowest BCUT2D eigenvalue weighted by Gasteiger charge is -2.20. The molecule has 0 bridgehead atoms. The Morgan fingerprint density at radius 2 is 1.88 bits per heavy atom. The molecule has 0 aromatic heterocycles. The molecule has 2 atom stereocenters. The van der Waals surface area contributed by atoms with E-state index in [2.05, 4.69) is 31.1 Å². The maximum Gasteiger partial charge on any atom is 0.209 e. The molecule has 17 heavy (non-hydrogen) atoms. The van der Waals surface area contributed by atoms with Gasteiger partial charge in [-0.15, -0.1) is 0 Å². The van der Waals surface area contributed by atoms with Crippen LogP contribution in [0.15, 0.2) is 0 Å². The van der Waals surface area contributed by atoms with Crippen molar-refractivity contribution in [1.82, 2.24) is 15.1 Å². The van der Waals surface area contributed by atoms with E-state index in [1.165, 1.54) is 37.3 Å². The molecule has 0 aliphatic carbocycles.